The monoisotopic (exact) mass is 268 g/mol. The molecule has 0 fully saturated rings. The summed E-state index contributed by atoms with van der Waals surface area (Å²) in [6.45, 7) is 6.35. The van der Waals surface area contributed by atoms with Crippen LogP contribution in [0.25, 0.3) is 0 Å². The number of hydrogen-bond acceptors (Lipinski definition) is 2. The number of amides is 1. The van der Waals surface area contributed by atoms with Crippen molar-refractivity contribution in [3.05, 3.63) is 34.3 Å². The van der Waals surface area contributed by atoms with Crippen LogP contribution in [0.2, 0.25) is 5.02 Å². The van der Waals surface area contributed by atoms with Crippen molar-refractivity contribution >= 4 is 17.5 Å². The Labute approximate surface area is 114 Å². The Morgan fingerprint density at radius 1 is 1.39 bits per heavy atom. The third-order valence-electron chi connectivity index (χ3n) is 3.56. The van der Waals surface area contributed by atoms with Crippen LogP contribution in [0.5, 0.6) is 0 Å². The fourth-order valence-corrected chi connectivity index (χ4v) is 2.11. The average Bonchev–Trinajstić information content (AvgIpc) is 2.39. The number of hydrogen-bond donors (Lipinski definition) is 2. The second kappa shape index (κ2) is 6.21. The first-order chi connectivity index (χ1) is 8.49. The first-order valence-electron chi connectivity index (χ1n) is 6.27. The molecule has 0 aliphatic rings. The Balaban J connectivity index is 2.98. The number of carbonyl (C=O) groups excluding carboxylic acids is 1. The van der Waals surface area contributed by atoms with Gasteiger partial charge in [0.25, 0.3) is 5.91 Å². The SMILES string of the molecule is CCC(CC)(CN)NC(=O)c1cccc(C)c1Cl. The predicted octanol–water partition coefficient (Wildman–Crippen LogP) is 2.90. The molecular formula is C14H21ClN2O. The van der Waals surface area contributed by atoms with E-state index in [4.69, 9.17) is 17.3 Å². The fourth-order valence-electron chi connectivity index (χ4n) is 1.90. The molecule has 100 valence electrons. The Hall–Kier alpha value is -1.06. The van der Waals surface area contributed by atoms with Gasteiger partial charge in [0, 0.05) is 6.54 Å². The number of benzene rings is 1. The van der Waals surface area contributed by atoms with Crippen LogP contribution in [0, 0.1) is 6.92 Å². The number of carbonyl (C=O) groups is 1. The normalized spacial score (nSPS) is 11.4. The van der Waals surface area contributed by atoms with Gasteiger partial charge in [-0.15, -0.1) is 0 Å². The van der Waals surface area contributed by atoms with E-state index in [1.807, 2.05) is 32.9 Å². The summed E-state index contributed by atoms with van der Waals surface area (Å²) in [5, 5.41) is 3.52. The average molecular weight is 269 g/mol. The molecule has 1 aromatic carbocycles. The van der Waals surface area contributed by atoms with Crippen molar-refractivity contribution in [2.24, 2.45) is 5.73 Å². The van der Waals surface area contributed by atoms with Gasteiger partial charge < -0.3 is 11.1 Å². The van der Waals surface area contributed by atoms with Crippen LogP contribution < -0.4 is 11.1 Å². The van der Waals surface area contributed by atoms with Crippen molar-refractivity contribution in [3.8, 4) is 0 Å². The molecule has 0 aromatic heterocycles. The zero-order valence-electron chi connectivity index (χ0n) is 11.2. The molecule has 0 bridgehead atoms. The van der Waals surface area contributed by atoms with Gasteiger partial charge in [-0.25, -0.2) is 0 Å². The van der Waals surface area contributed by atoms with Gasteiger partial charge >= 0.3 is 0 Å². The van der Waals surface area contributed by atoms with E-state index < -0.39 is 0 Å². The molecule has 0 atom stereocenters. The largest absolute Gasteiger partial charge is 0.345 e. The van der Waals surface area contributed by atoms with E-state index in [1.165, 1.54) is 0 Å². The smallest absolute Gasteiger partial charge is 0.253 e. The third kappa shape index (κ3) is 3.03. The van der Waals surface area contributed by atoms with Crippen LogP contribution >= 0.6 is 11.6 Å². The minimum atomic E-state index is -0.343. The molecule has 0 saturated carbocycles. The molecular weight excluding hydrogens is 248 g/mol. The zero-order chi connectivity index (χ0) is 13.8. The zero-order valence-corrected chi connectivity index (χ0v) is 12.0. The Bertz CT molecular complexity index is 420. The highest BCUT2D eigenvalue weighted by Gasteiger charge is 2.27. The molecule has 0 heterocycles. The highest BCUT2D eigenvalue weighted by Crippen LogP contribution is 2.22. The standard InChI is InChI=1S/C14H21ClN2O/c1-4-14(5-2,9-16)17-13(18)11-8-6-7-10(3)12(11)15/h6-8H,4-5,9,16H2,1-3H3,(H,17,18). The maximum Gasteiger partial charge on any atom is 0.253 e. The summed E-state index contributed by atoms with van der Waals surface area (Å²) in [5.74, 6) is -0.155. The quantitative estimate of drug-likeness (QED) is 0.863. The van der Waals surface area contributed by atoms with Gasteiger partial charge in [-0.1, -0.05) is 37.6 Å². The van der Waals surface area contributed by atoms with Gasteiger partial charge in [0.15, 0.2) is 0 Å². The second-order valence-corrected chi connectivity index (χ2v) is 4.96. The van der Waals surface area contributed by atoms with E-state index in [0.29, 0.717) is 17.1 Å². The molecule has 3 N–H and O–H groups in total. The molecule has 4 heteroatoms. The van der Waals surface area contributed by atoms with Crippen LogP contribution in [-0.4, -0.2) is 18.0 Å². The van der Waals surface area contributed by atoms with Crippen molar-refractivity contribution in [3.63, 3.8) is 0 Å². The lowest BCUT2D eigenvalue weighted by Gasteiger charge is -2.31. The third-order valence-corrected chi connectivity index (χ3v) is 4.06. The van der Waals surface area contributed by atoms with Crippen LogP contribution in [0.1, 0.15) is 42.6 Å². The Kier molecular flexibility index (Phi) is 5.17. The lowest BCUT2D eigenvalue weighted by molar-refractivity contribution is 0.0895. The number of aryl methyl sites for hydroxylation is 1. The molecule has 3 nitrogen and oxygen atoms in total. The summed E-state index contributed by atoms with van der Waals surface area (Å²) >= 11 is 6.15. The van der Waals surface area contributed by atoms with Crippen LogP contribution in [-0.2, 0) is 0 Å². The highest BCUT2D eigenvalue weighted by atomic mass is 35.5. The van der Waals surface area contributed by atoms with Crippen LogP contribution in [0.15, 0.2) is 18.2 Å². The van der Waals surface area contributed by atoms with Gasteiger partial charge in [0.05, 0.1) is 16.1 Å². The highest BCUT2D eigenvalue weighted by molar-refractivity contribution is 6.34. The van der Waals surface area contributed by atoms with Crippen LogP contribution in [0.4, 0.5) is 0 Å². The lowest BCUT2D eigenvalue weighted by atomic mass is 9.92. The molecule has 0 aliphatic carbocycles. The summed E-state index contributed by atoms with van der Waals surface area (Å²) in [6.07, 6.45) is 1.60. The minimum absolute atomic E-state index is 0.155. The van der Waals surface area contributed by atoms with Crippen LogP contribution in [0.3, 0.4) is 0 Å². The summed E-state index contributed by atoms with van der Waals surface area (Å²) in [5.41, 5.74) is 6.84. The van der Waals surface area contributed by atoms with Crippen molar-refractivity contribution in [1.82, 2.24) is 5.32 Å². The molecule has 0 saturated heterocycles. The van der Waals surface area contributed by atoms with E-state index in [2.05, 4.69) is 5.32 Å². The summed E-state index contributed by atoms with van der Waals surface area (Å²) < 4.78 is 0. The van der Waals surface area contributed by atoms with Gasteiger partial charge in [-0.3, -0.25) is 4.79 Å². The van der Waals surface area contributed by atoms with Gasteiger partial charge in [-0.2, -0.15) is 0 Å². The van der Waals surface area contributed by atoms with Crippen molar-refractivity contribution in [2.75, 3.05) is 6.54 Å². The van der Waals surface area contributed by atoms with Gasteiger partial charge in [-0.05, 0) is 31.4 Å². The molecule has 0 radical (unpaired) electrons. The lowest BCUT2D eigenvalue weighted by Crippen LogP contribution is -2.52. The van der Waals surface area contributed by atoms with E-state index in [-0.39, 0.29) is 11.4 Å². The maximum absolute atomic E-state index is 12.3. The van der Waals surface area contributed by atoms with Gasteiger partial charge in [0.1, 0.15) is 0 Å². The fraction of sp³-hybridized carbons (Fsp3) is 0.500. The number of rotatable bonds is 5. The van der Waals surface area contributed by atoms with E-state index >= 15 is 0 Å². The van der Waals surface area contributed by atoms with E-state index in [9.17, 15) is 4.79 Å². The van der Waals surface area contributed by atoms with E-state index in [0.717, 1.165) is 18.4 Å². The van der Waals surface area contributed by atoms with Crippen molar-refractivity contribution < 1.29 is 4.79 Å². The van der Waals surface area contributed by atoms with Crippen molar-refractivity contribution in [1.29, 1.82) is 0 Å². The number of nitrogens with two attached hydrogens (primary N) is 1. The number of nitrogens with one attached hydrogen (secondary N) is 1. The van der Waals surface area contributed by atoms with Crippen molar-refractivity contribution in [2.45, 2.75) is 39.2 Å². The molecule has 18 heavy (non-hydrogen) atoms. The molecule has 1 aromatic rings. The molecule has 0 aliphatic heterocycles. The summed E-state index contributed by atoms with van der Waals surface area (Å²) in [4.78, 5) is 12.3. The second-order valence-electron chi connectivity index (χ2n) is 4.58. The molecule has 1 amide bonds. The topological polar surface area (TPSA) is 55.1 Å². The molecule has 0 spiro atoms. The molecule has 1 rings (SSSR count). The summed E-state index contributed by atoms with van der Waals surface area (Å²) in [6, 6.07) is 5.45. The number of halogens is 1. The maximum atomic E-state index is 12.3. The Morgan fingerprint density at radius 3 is 2.50 bits per heavy atom. The molecule has 0 unspecified atom stereocenters. The first-order valence-corrected chi connectivity index (χ1v) is 6.65. The van der Waals surface area contributed by atoms with E-state index in [1.54, 1.807) is 6.07 Å². The first kappa shape index (κ1) is 15.0. The Morgan fingerprint density at radius 2 is 2.00 bits per heavy atom. The predicted molar refractivity (Wildman–Crippen MR) is 76.0 cm³/mol. The minimum Gasteiger partial charge on any atom is -0.345 e. The summed E-state index contributed by atoms with van der Waals surface area (Å²) in [7, 11) is 0. The van der Waals surface area contributed by atoms with Gasteiger partial charge in [0.2, 0.25) is 0 Å².